The maximum atomic E-state index is 13.2. The number of hydrogen-bond acceptors (Lipinski definition) is 5. The van der Waals surface area contributed by atoms with Crippen molar-refractivity contribution in [1.29, 1.82) is 0 Å². The molecular formula is C22H18F4N4O2. The second-order valence-electron chi connectivity index (χ2n) is 7.07. The first kappa shape index (κ1) is 21.5. The molecule has 4 rings (SSSR count). The van der Waals surface area contributed by atoms with Gasteiger partial charge in [-0.1, -0.05) is 12.1 Å². The van der Waals surface area contributed by atoms with Gasteiger partial charge in [0.15, 0.2) is 0 Å². The molecule has 0 radical (unpaired) electrons. The van der Waals surface area contributed by atoms with Gasteiger partial charge in [0.1, 0.15) is 11.6 Å². The molecule has 10 heteroatoms. The van der Waals surface area contributed by atoms with Crippen molar-refractivity contribution in [2.24, 2.45) is 0 Å². The molecule has 32 heavy (non-hydrogen) atoms. The zero-order valence-electron chi connectivity index (χ0n) is 16.7. The summed E-state index contributed by atoms with van der Waals surface area (Å²) < 4.78 is 58.4. The lowest BCUT2D eigenvalue weighted by molar-refractivity contribution is -0.138. The molecular weight excluding hydrogens is 428 g/mol. The Kier molecular flexibility index (Phi) is 5.93. The van der Waals surface area contributed by atoms with Crippen LogP contribution in [0.1, 0.15) is 15.9 Å². The van der Waals surface area contributed by atoms with Gasteiger partial charge in [-0.25, -0.2) is 9.37 Å². The highest BCUT2D eigenvalue weighted by atomic mass is 19.4. The highest BCUT2D eigenvalue weighted by Gasteiger charge is 2.36. The molecule has 6 nitrogen and oxygen atoms in total. The van der Waals surface area contributed by atoms with Crippen LogP contribution in [-0.4, -0.2) is 47.0 Å². The first-order chi connectivity index (χ1) is 15.3. The maximum absolute atomic E-state index is 13.2. The van der Waals surface area contributed by atoms with Crippen LogP contribution in [0.25, 0.3) is 0 Å². The number of alkyl halides is 3. The molecule has 0 bridgehead atoms. The van der Waals surface area contributed by atoms with Crippen molar-refractivity contribution in [2.45, 2.75) is 6.18 Å². The Bertz CT molecular complexity index is 1100. The van der Waals surface area contributed by atoms with Gasteiger partial charge in [-0.2, -0.15) is 18.2 Å². The van der Waals surface area contributed by atoms with Gasteiger partial charge in [0.25, 0.3) is 5.91 Å². The summed E-state index contributed by atoms with van der Waals surface area (Å²) in [5.41, 5.74) is -1.30. The number of ether oxygens (including phenoxy) is 1. The van der Waals surface area contributed by atoms with Crippen LogP contribution in [0.4, 0.5) is 23.5 Å². The largest absolute Gasteiger partial charge is 0.439 e. The van der Waals surface area contributed by atoms with Gasteiger partial charge >= 0.3 is 6.18 Å². The molecule has 3 aromatic rings. The summed E-state index contributed by atoms with van der Waals surface area (Å²) in [4.78, 5) is 24.5. The van der Waals surface area contributed by atoms with E-state index in [0.29, 0.717) is 24.8 Å². The van der Waals surface area contributed by atoms with E-state index in [-0.39, 0.29) is 30.4 Å². The molecule has 1 saturated heterocycles. The minimum Gasteiger partial charge on any atom is -0.439 e. The molecule has 0 saturated carbocycles. The average Bonchev–Trinajstić information content (AvgIpc) is 2.80. The van der Waals surface area contributed by atoms with E-state index in [4.69, 9.17) is 4.74 Å². The first-order valence-corrected chi connectivity index (χ1v) is 9.78. The molecule has 2 aromatic carbocycles. The van der Waals surface area contributed by atoms with E-state index in [1.165, 1.54) is 53.6 Å². The lowest BCUT2D eigenvalue weighted by atomic mass is 10.1. The van der Waals surface area contributed by atoms with Crippen LogP contribution >= 0.6 is 0 Å². The van der Waals surface area contributed by atoms with E-state index in [9.17, 15) is 22.4 Å². The zero-order chi connectivity index (χ0) is 22.7. The number of benzene rings is 2. The molecule has 0 aliphatic carbocycles. The van der Waals surface area contributed by atoms with Gasteiger partial charge in [0.05, 0.1) is 11.1 Å². The molecule has 1 aromatic heterocycles. The third-order valence-corrected chi connectivity index (χ3v) is 4.97. The quantitative estimate of drug-likeness (QED) is 0.557. The highest BCUT2D eigenvalue weighted by Crippen LogP contribution is 2.32. The smallest absolute Gasteiger partial charge is 0.417 e. The van der Waals surface area contributed by atoms with Crippen LogP contribution < -0.4 is 9.64 Å². The molecule has 2 heterocycles. The van der Waals surface area contributed by atoms with Gasteiger partial charge in [0.2, 0.25) is 11.8 Å². The minimum atomic E-state index is -4.60. The molecule has 0 N–H and O–H groups in total. The second-order valence-corrected chi connectivity index (χ2v) is 7.07. The average molecular weight is 446 g/mol. The van der Waals surface area contributed by atoms with Crippen LogP contribution in [0.2, 0.25) is 0 Å². The van der Waals surface area contributed by atoms with Crippen LogP contribution in [-0.2, 0) is 6.18 Å². The van der Waals surface area contributed by atoms with E-state index >= 15 is 0 Å². The fourth-order valence-corrected chi connectivity index (χ4v) is 3.36. The number of rotatable bonds is 4. The number of amides is 1. The summed E-state index contributed by atoms with van der Waals surface area (Å²) >= 11 is 0. The topological polar surface area (TPSA) is 58.6 Å². The molecule has 1 aliphatic heterocycles. The Hall–Kier alpha value is -3.69. The summed E-state index contributed by atoms with van der Waals surface area (Å²) in [6.07, 6.45) is -3.09. The van der Waals surface area contributed by atoms with Gasteiger partial charge in [-0.05, 0) is 36.4 Å². The molecule has 0 spiro atoms. The third kappa shape index (κ3) is 4.79. The van der Waals surface area contributed by atoms with Crippen molar-refractivity contribution >= 4 is 11.9 Å². The third-order valence-electron chi connectivity index (χ3n) is 4.97. The Morgan fingerprint density at radius 1 is 0.938 bits per heavy atom. The number of carbonyl (C=O) groups excluding carboxylic acids is 1. The van der Waals surface area contributed by atoms with Crippen molar-refractivity contribution in [1.82, 2.24) is 14.9 Å². The Morgan fingerprint density at radius 3 is 2.31 bits per heavy atom. The minimum absolute atomic E-state index is 0.220. The predicted octanol–water partition coefficient (Wildman–Crippen LogP) is 4.39. The van der Waals surface area contributed by atoms with Crippen molar-refractivity contribution < 1.29 is 27.1 Å². The molecule has 1 amide bonds. The van der Waals surface area contributed by atoms with Gasteiger partial charge in [-0.15, -0.1) is 0 Å². The number of anilines is 1. The second kappa shape index (κ2) is 8.81. The Balaban J connectivity index is 1.42. The van der Waals surface area contributed by atoms with E-state index in [1.807, 2.05) is 4.90 Å². The Morgan fingerprint density at radius 2 is 1.62 bits per heavy atom. The number of carbonyl (C=O) groups is 1. The SMILES string of the molecule is O=C(c1ccccc1C(F)(F)F)N1CCN(c2nccc(Oc3ccc(F)cc3)n2)CC1. The fourth-order valence-electron chi connectivity index (χ4n) is 3.36. The lowest BCUT2D eigenvalue weighted by Crippen LogP contribution is -2.49. The van der Waals surface area contributed by atoms with Crippen LogP contribution in [0, 0.1) is 5.82 Å². The van der Waals surface area contributed by atoms with E-state index in [0.717, 1.165) is 6.07 Å². The Labute approximate surface area is 181 Å². The number of aromatic nitrogens is 2. The van der Waals surface area contributed by atoms with Gasteiger partial charge in [-0.3, -0.25) is 4.79 Å². The van der Waals surface area contributed by atoms with Crippen molar-refractivity contribution in [3.05, 3.63) is 77.7 Å². The first-order valence-electron chi connectivity index (χ1n) is 9.78. The zero-order valence-corrected chi connectivity index (χ0v) is 16.7. The number of piperazine rings is 1. The van der Waals surface area contributed by atoms with Crippen LogP contribution in [0.15, 0.2) is 60.8 Å². The molecule has 1 fully saturated rings. The molecule has 166 valence electrons. The summed E-state index contributed by atoms with van der Waals surface area (Å²) in [5.74, 6) is -0.000643. The standard InChI is InChI=1S/C22H18F4N4O2/c23-15-5-7-16(8-6-15)32-19-9-10-27-21(28-19)30-13-11-29(12-14-30)20(31)17-3-1-2-4-18(17)22(24,25)26/h1-10H,11-14H2. The monoisotopic (exact) mass is 446 g/mol. The molecule has 1 aliphatic rings. The number of hydrogen-bond donors (Lipinski definition) is 0. The number of halogens is 4. The maximum Gasteiger partial charge on any atom is 0.417 e. The fraction of sp³-hybridized carbons (Fsp3) is 0.227. The van der Waals surface area contributed by atoms with E-state index < -0.39 is 17.6 Å². The van der Waals surface area contributed by atoms with Crippen LogP contribution in [0.5, 0.6) is 11.6 Å². The molecule has 0 atom stereocenters. The van der Waals surface area contributed by atoms with Crippen molar-refractivity contribution in [3.63, 3.8) is 0 Å². The normalized spacial score (nSPS) is 14.4. The van der Waals surface area contributed by atoms with Gasteiger partial charge < -0.3 is 14.5 Å². The van der Waals surface area contributed by atoms with E-state index in [1.54, 1.807) is 6.07 Å². The van der Waals surface area contributed by atoms with Crippen molar-refractivity contribution in [3.8, 4) is 11.6 Å². The highest BCUT2D eigenvalue weighted by molar-refractivity contribution is 5.96. The number of nitrogens with zero attached hydrogens (tertiary/aromatic N) is 4. The summed E-state index contributed by atoms with van der Waals surface area (Å²) in [6.45, 7) is 1.13. The summed E-state index contributed by atoms with van der Waals surface area (Å²) in [5, 5.41) is 0. The summed E-state index contributed by atoms with van der Waals surface area (Å²) in [7, 11) is 0. The lowest BCUT2D eigenvalue weighted by Gasteiger charge is -2.35. The van der Waals surface area contributed by atoms with Crippen LogP contribution in [0.3, 0.4) is 0 Å². The van der Waals surface area contributed by atoms with Gasteiger partial charge in [0, 0.05) is 38.4 Å². The summed E-state index contributed by atoms with van der Waals surface area (Å²) in [6, 6.07) is 11.8. The molecule has 0 unspecified atom stereocenters. The van der Waals surface area contributed by atoms with E-state index in [2.05, 4.69) is 9.97 Å². The van der Waals surface area contributed by atoms with Crippen molar-refractivity contribution in [2.75, 3.05) is 31.1 Å². The predicted molar refractivity (Wildman–Crippen MR) is 108 cm³/mol.